The van der Waals surface area contributed by atoms with Crippen molar-refractivity contribution in [3.63, 3.8) is 0 Å². The van der Waals surface area contributed by atoms with E-state index >= 15 is 0 Å². The van der Waals surface area contributed by atoms with E-state index < -0.39 is 17.7 Å². The van der Waals surface area contributed by atoms with Crippen molar-refractivity contribution in [1.82, 2.24) is 4.98 Å². The first-order valence-electron chi connectivity index (χ1n) is 11.8. The number of hydrogen-bond donors (Lipinski definition) is 2. The summed E-state index contributed by atoms with van der Waals surface area (Å²) in [6.07, 6.45) is 4.88. The average Bonchev–Trinajstić information content (AvgIpc) is 2.62. The Morgan fingerprint density at radius 2 is 1.84 bits per heavy atom. The molecule has 2 N–H and O–H groups in total. The number of aliphatic hydroxyl groups is 1. The lowest BCUT2D eigenvalue weighted by atomic mass is 9.77. The number of anilines is 1. The maximum absolute atomic E-state index is 12.4. The highest BCUT2D eigenvalue weighted by Gasteiger charge is 2.37. The fourth-order valence-corrected chi connectivity index (χ4v) is 4.86. The predicted octanol–water partition coefficient (Wildman–Crippen LogP) is 5.05. The molecule has 0 saturated carbocycles. The molecule has 2 heterocycles. The number of aliphatic hydroxyl groups excluding tert-OH is 1. The number of rotatable bonds is 7. The molecule has 1 aromatic rings. The van der Waals surface area contributed by atoms with Crippen molar-refractivity contribution in [3.05, 3.63) is 28.6 Å². The quantitative estimate of drug-likeness (QED) is 0.612. The number of aryl methyl sites for hydroxylation is 2. The summed E-state index contributed by atoms with van der Waals surface area (Å²) in [6, 6.07) is 0. The van der Waals surface area contributed by atoms with E-state index in [4.69, 9.17) is 9.72 Å². The predicted molar refractivity (Wildman–Crippen MR) is 128 cm³/mol. The third-order valence-corrected chi connectivity index (χ3v) is 6.71. The minimum atomic E-state index is -1.08. The van der Waals surface area contributed by atoms with Crippen molar-refractivity contribution in [3.8, 4) is 0 Å². The largest absolute Gasteiger partial charge is 0.479 e. The van der Waals surface area contributed by atoms with Gasteiger partial charge in [0.15, 0.2) is 6.10 Å². The molecule has 178 valence electrons. The minimum Gasteiger partial charge on any atom is -0.479 e. The SMILES string of the molecule is Cc1nc(C)c(C(OC(C)(C)C)C(=O)O)c(N2CCC(C)(C)CC2)c1C1=CC(CCO)C1. The van der Waals surface area contributed by atoms with Crippen LogP contribution in [-0.2, 0) is 9.53 Å². The zero-order chi connectivity index (χ0) is 23.8. The molecule has 6 nitrogen and oxygen atoms in total. The van der Waals surface area contributed by atoms with Crippen LogP contribution in [0.4, 0.5) is 5.69 Å². The van der Waals surface area contributed by atoms with E-state index in [1.54, 1.807) is 0 Å². The van der Waals surface area contributed by atoms with Crippen molar-refractivity contribution in [2.24, 2.45) is 11.3 Å². The zero-order valence-corrected chi connectivity index (χ0v) is 20.8. The van der Waals surface area contributed by atoms with Gasteiger partial charge in [-0.1, -0.05) is 19.9 Å². The number of piperidine rings is 1. The number of carbonyl (C=O) groups is 1. The number of nitrogens with zero attached hydrogens (tertiary/aromatic N) is 2. The van der Waals surface area contributed by atoms with Crippen molar-refractivity contribution in [1.29, 1.82) is 0 Å². The fraction of sp³-hybridized carbons (Fsp3) is 0.692. The van der Waals surface area contributed by atoms with Crippen molar-refractivity contribution < 1.29 is 19.7 Å². The van der Waals surface area contributed by atoms with Gasteiger partial charge in [0.25, 0.3) is 0 Å². The van der Waals surface area contributed by atoms with Crippen molar-refractivity contribution in [2.75, 3.05) is 24.6 Å². The summed E-state index contributed by atoms with van der Waals surface area (Å²) in [6.45, 7) is 16.1. The van der Waals surface area contributed by atoms with Crippen LogP contribution in [0.3, 0.4) is 0 Å². The van der Waals surface area contributed by atoms with Gasteiger partial charge in [-0.25, -0.2) is 4.79 Å². The number of aliphatic carboxylic acids is 1. The van der Waals surface area contributed by atoms with Crippen LogP contribution >= 0.6 is 0 Å². The van der Waals surface area contributed by atoms with Crippen LogP contribution in [0.1, 0.15) is 88.9 Å². The molecule has 0 radical (unpaired) electrons. The van der Waals surface area contributed by atoms with Crippen LogP contribution in [0.5, 0.6) is 0 Å². The summed E-state index contributed by atoms with van der Waals surface area (Å²) in [7, 11) is 0. The monoisotopic (exact) mass is 444 g/mol. The first-order valence-corrected chi connectivity index (χ1v) is 11.8. The second-order valence-electron chi connectivity index (χ2n) is 11.2. The van der Waals surface area contributed by atoms with Gasteiger partial charge in [0.05, 0.1) is 11.3 Å². The molecule has 1 aliphatic carbocycles. The van der Waals surface area contributed by atoms with Crippen LogP contribution in [0.15, 0.2) is 6.08 Å². The van der Waals surface area contributed by atoms with Gasteiger partial charge >= 0.3 is 5.97 Å². The maximum Gasteiger partial charge on any atom is 0.337 e. The molecule has 2 aliphatic rings. The molecule has 1 aromatic heterocycles. The molecule has 1 fully saturated rings. The molecule has 0 bridgehead atoms. The molecule has 6 heteroatoms. The van der Waals surface area contributed by atoms with E-state index in [1.165, 1.54) is 5.57 Å². The van der Waals surface area contributed by atoms with Gasteiger partial charge in [0, 0.05) is 42.2 Å². The number of carboxylic acid groups (broad SMARTS) is 1. The molecule has 0 spiro atoms. The van der Waals surface area contributed by atoms with E-state index in [1.807, 2.05) is 34.6 Å². The number of pyridine rings is 1. The third-order valence-electron chi connectivity index (χ3n) is 6.71. The standard InChI is InChI=1S/C26H40N2O4/c1-16-20(19-14-18(15-19)8-13-29)22(28-11-9-26(6,7)10-12-28)21(17(2)27-16)23(24(30)31)32-25(3,4)5/h14,18,23,29H,8-13,15H2,1-7H3,(H,30,31). The fourth-order valence-electron chi connectivity index (χ4n) is 4.86. The van der Waals surface area contributed by atoms with E-state index in [9.17, 15) is 15.0 Å². The minimum absolute atomic E-state index is 0.180. The second kappa shape index (κ2) is 9.14. The topological polar surface area (TPSA) is 82.9 Å². The van der Waals surface area contributed by atoms with Gasteiger partial charge in [-0.05, 0) is 77.2 Å². The number of carboxylic acids is 1. The Labute approximate surface area is 192 Å². The van der Waals surface area contributed by atoms with E-state index in [0.717, 1.165) is 61.4 Å². The van der Waals surface area contributed by atoms with Gasteiger partial charge < -0.3 is 19.8 Å². The molecule has 2 unspecified atom stereocenters. The van der Waals surface area contributed by atoms with Gasteiger partial charge in [-0.2, -0.15) is 0 Å². The van der Waals surface area contributed by atoms with Gasteiger partial charge in [0.1, 0.15) is 0 Å². The third kappa shape index (κ3) is 5.34. The normalized spacial score (nSPS) is 21.7. The van der Waals surface area contributed by atoms with Crippen LogP contribution in [0, 0.1) is 25.2 Å². The Hall–Kier alpha value is -1.92. The molecule has 0 amide bonds. The number of allylic oxidation sites excluding steroid dienone is 2. The van der Waals surface area contributed by atoms with E-state index in [2.05, 4.69) is 24.8 Å². The summed E-state index contributed by atoms with van der Waals surface area (Å²) >= 11 is 0. The highest BCUT2D eigenvalue weighted by atomic mass is 16.5. The Balaban J connectivity index is 2.18. The molecule has 3 rings (SSSR count). The molecular formula is C26H40N2O4. The Kier molecular flexibility index (Phi) is 7.06. The maximum atomic E-state index is 12.4. The van der Waals surface area contributed by atoms with E-state index in [-0.39, 0.29) is 12.0 Å². The molecule has 2 atom stereocenters. The Morgan fingerprint density at radius 1 is 1.25 bits per heavy atom. The highest BCUT2D eigenvalue weighted by molar-refractivity contribution is 5.87. The van der Waals surface area contributed by atoms with Crippen LogP contribution in [0.2, 0.25) is 0 Å². The Bertz CT molecular complexity index is 888. The summed E-state index contributed by atoms with van der Waals surface area (Å²) in [4.78, 5) is 19.6. The lowest BCUT2D eigenvalue weighted by Crippen LogP contribution is -2.40. The summed E-state index contributed by atoms with van der Waals surface area (Å²) in [5.41, 5.74) is 5.25. The molecular weight excluding hydrogens is 404 g/mol. The first-order chi connectivity index (χ1) is 14.8. The number of hydrogen-bond acceptors (Lipinski definition) is 5. The van der Waals surface area contributed by atoms with Crippen molar-refractivity contribution >= 4 is 17.2 Å². The lowest BCUT2D eigenvalue weighted by Gasteiger charge is -2.42. The zero-order valence-electron chi connectivity index (χ0n) is 20.8. The number of ether oxygens (including phenoxy) is 1. The lowest BCUT2D eigenvalue weighted by molar-refractivity contribution is -0.160. The average molecular weight is 445 g/mol. The van der Waals surface area contributed by atoms with E-state index in [0.29, 0.717) is 11.5 Å². The second-order valence-corrected chi connectivity index (χ2v) is 11.2. The Morgan fingerprint density at radius 3 is 2.34 bits per heavy atom. The van der Waals surface area contributed by atoms with Crippen molar-refractivity contribution in [2.45, 2.75) is 85.9 Å². The number of aromatic nitrogens is 1. The van der Waals surface area contributed by atoms with Crippen LogP contribution in [0.25, 0.3) is 5.57 Å². The molecule has 1 saturated heterocycles. The molecule has 32 heavy (non-hydrogen) atoms. The molecule has 0 aromatic carbocycles. The van der Waals surface area contributed by atoms with Gasteiger partial charge in [-0.3, -0.25) is 4.98 Å². The van der Waals surface area contributed by atoms with Gasteiger partial charge in [0.2, 0.25) is 0 Å². The summed E-state index contributed by atoms with van der Waals surface area (Å²) in [5, 5.41) is 19.5. The first kappa shape index (κ1) is 24.7. The summed E-state index contributed by atoms with van der Waals surface area (Å²) in [5.74, 6) is -0.618. The van der Waals surface area contributed by atoms with Crippen LogP contribution < -0.4 is 4.90 Å². The summed E-state index contributed by atoms with van der Waals surface area (Å²) < 4.78 is 6.11. The highest BCUT2D eigenvalue weighted by Crippen LogP contribution is 2.47. The smallest absolute Gasteiger partial charge is 0.337 e. The van der Waals surface area contributed by atoms with Gasteiger partial charge in [-0.15, -0.1) is 0 Å². The van der Waals surface area contributed by atoms with Crippen LogP contribution in [-0.4, -0.2) is 46.5 Å². The molecule has 1 aliphatic heterocycles.